The lowest BCUT2D eigenvalue weighted by Gasteiger charge is -2.07. The number of anilines is 1. The Bertz CT molecular complexity index is 1340. The van der Waals surface area contributed by atoms with Crippen molar-refractivity contribution in [3.05, 3.63) is 62.6 Å². The third-order valence-electron chi connectivity index (χ3n) is 5.00. The molecule has 2 N–H and O–H groups in total. The number of aromatic nitrogens is 1. The van der Waals surface area contributed by atoms with Crippen LogP contribution >= 0.6 is 11.3 Å². The highest BCUT2D eigenvalue weighted by Gasteiger charge is 2.21. The van der Waals surface area contributed by atoms with Crippen LogP contribution in [0.15, 0.2) is 52.3 Å². The lowest BCUT2D eigenvalue weighted by molar-refractivity contribution is -0.116. The number of para-hydroxylation sites is 1. The zero-order chi connectivity index (χ0) is 21.5. The van der Waals surface area contributed by atoms with Gasteiger partial charge in [-0.15, -0.1) is 0 Å². The molecule has 31 heavy (non-hydrogen) atoms. The molecule has 0 aliphatic carbocycles. The van der Waals surface area contributed by atoms with E-state index in [4.69, 9.17) is 9.47 Å². The van der Waals surface area contributed by atoms with Gasteiger partial charge in [0.2, 0.25) is 18.6 Å². The van der Waals surface area contributed by atoms with E-state index in [2.05, 4.69) is 10.3 Å². The van der Waals surface area contributed by atoms with Crippen molar-refractivity contribution in [2.75, 3.05) is 12.1 Å². The highest BCUT2D eigenvalue weighted by molar-refractivity contribution is 7.10. The molecule has 3 aromatic rings. The van der Waals surface area contributed by atoms with E-state index >= 15 is 0 Å². The van der Waals surface area contributed by atoms with Crippen molar-refractivity contribution >= 4 is 46.0 Å². The van der Waals surface area contributed by atoms with Crippen LogP contribution < -0.4 is 19.7 Å². The minimum absolute atomic E-state index is 0.137. The SMILES string of the molecule is CC1=Nc2ccccc2/C1=C\c1sc(=O)n(CC(=O)Nc2ccc3c(c2)OCO3)c1O. The molecule has 0 radical (unpaired) electrons. The fourth-order valence-electron chi connectivity index (χ4n) is 3.51. The molecule has 3 heterocycles. The summed E-state index contributed by atoms with van der Waals surface area (Å²) in [4.78, 5) is 29.4. The van der Waals surface area contributed by atoms with Crippen molar-refractivity contribution in [3.63, 3.8) is 0 Å². The highest BCUT2D eigenvalue weighted by Crippen LogP contribution is 2.37. The van der Waals surface area contributed by atoms with E-state index in [-0.39, 0.29) is 19.2 Å². The van der Waals surface area contributed by atoms with Gasteiger partial charge >= 0.3 is 4.87 Å². The van der Waals surface area contributed by atoms with Gasteiger partial charge in [0.1, 0.15) is 6.54 Å². The molecule has 8 nitrogen and oxygen atoms in total. The first-order valence-corrected chi connectivity index (χ1v) is 10.3. The maximum atomic E-state index is 12.5. The molecule has 0 atom stereocenters. The van der Waals surface area contributed by atoms with Crippen LogP contribution in [0.2, 0.25) is 0 Å². The van der Waals surface area contributed by atoms with Crippen LogP contribution in [0, 0.1) is 0 Å². The van der Waals surface area contributed by atoms with Crippen LogP contribution in [0.25, 0.3) is 11.6 Å². The van der Waals surface area contributed by atoms with Gasteiger partial charge in [0.25, 0.3) is 0 Å². The number of rotatable bonds is 4. The van der Waals surface area contributed by atoms with E-state index in [0.717, 1.165) is 38.4 Å². The minimum Gasteiger partial charge on any atom is -0.493 e. The van der Waals surface area contributed by atoms with Crippen LogP contribution in [-0.4, -0.2) is 28.1 Å². The summed E-state index contributed by atoms with van der Waals surface area (Å²) in [7, 11) is 0. The number of fused-ring (bicyclic) bond motifs is 2. The number of thiazole rings is 1. The molecular formula is C22H17N3O5S. The van der Waals surface area contributed by atoms with Gasteiger partial charge in [-0.3, -0.25) is 19.1 Å². The predicted molar refractivity (Wildman–Crippen MR) is 119 cm³/mol. The fourth-order valence-corrected chi connectivity index (χ4v) is 4.34. The average Bonchev–Trinajstić information content (AvgIpc) is 3.41. The first kappa shape index (κ1) is 19.1. The van der Waals surface area contributed by atoms with Crippen molar-refractivity contribution in [1.29, 1.82) is 0 Å². The molecule has 0 spiro atoms. The fraction of sp³-hybridized carbons (Fsp3) is 0.136. The zero-order valence-corrected chi connectivity index (χ0v) is 17.2. The Kier molecular flexibility index (Phi) is 4.59. The summed E-state index contributed by atoms with van der Waals surface area (Å²) >= 11 is 0.879. The molecule has 0 bridgehead atoms. The molecule has 0 saturated heterocycles. The number of carbonyl (C=O) groups is 1. The molecule has 1 aromatic heterocycles. The predicted octanol–water partition coefficient (Wildman–Crippen LogP) is 3.63. The molecule has 0 fully saturated rings. The molecule has 0 saturated carbocycles. The van der Waals surface area contributed by atoms with Crippen LogP contribution in [0.3, 0.4) is 0 Å². The van der Waals surface area contributed by atoms with Gasteiger partial charge in [0.15, 0.2) is 11.5 Å². The summed E-state index contributed by atoms with van der Waals surface area (Å²) in [6, 6.07) is 12.7. The highest BCUT2D eigenvalue weighted by atomic mass is 32.1. The van der Waals surface area contributed by atoms with Crippen molar-refractivity contribution < 1.29 is 19.4 Å². The molecule has 2 aliphatic rings. The topological polar surface area (TPSA) is 102 Å². The van der Waals surface area contributed by atoms with Gasteiger partial charge in [-0.2, -0.15) is 0 Å². The quantitative estimate of drug-likeness (QED) is 0.652. The first-order valence-electron chi connectivity index (χ1n) is 9.48. The monoisotopic (exact) mass is 435 g/mol. The normalized spacial score (nSPS) is 15.1. The van der Waals surface area contributed by atoms with Crippen LogP contribution in [0.4, 0.5) is 11.4 Å². The van der Waals surface area contributed by atoms with Gasteiger partial charge in [-0.25, -0.2) is 0 Å². The second-order valence-corrected chi connectivity index (χ2v) is 8.02. The number of hydrogen-bond acceptors (Lipinski definition) is 7. The number of nitrogens with zero attached hydrogens (tertiary/aromatic N) is 2. The molecule has 1 amide bonds. The maximum Gasteiger partial charge on any atom is 0.311 e. The number of aromatic hydroxyl groups is 1. The Morgan fingerprint density at radius 3 is 2.94 bits per heavy atom. The number of carbonyl (C=O) groups excluding carboxylic acids is 1. The molecular weight excluding hydrogens is 418 g/mol. The van der Waals surface area contributed by atoms with Gasteiger partial charge in [0, 0.05) is 28.6 Å². The lowest BCUT2D eigenvalue weighted by Crippen LogP contribution is -2.24. The van der Waals surface area contributed by atoms with E-state index < -0.39 is 10.8 Å². The third kappa shape index (κ3) is 3.49. The van der Waals surface area contributed by atoms with Crippen LogP contribution in [-0.2, 0) is 11.3 Å². The first-order chi connectivity index (χ1) is 15.0. The van der Waals surface area contributed by atoms with E-state index in [9.17, 15) is 14.7 Å². The Hall–Kier alpha value is -3.85. The average molecular weight is 435 g/mol. The largest absolute Gasteiger partial charge is 0.493 e. The Morgan fingerprint density at radius 1 is 1.26 bits per heavy atom. The van der Waals surface area contributed by atoms with E-state index in [1.165, 1.54) is 0 Å². The number of benzene rings is 2. The van der Waals surface area contributed by atoms with E-state index in [1.54, 1.807) is 24.3 Å². The van der Waals surface area contributed by atoms with Crippen molar-refractivity contribution in [3.8, 4) is 17.4 Å². The number of nitrogens with one attached hydrogen (secondary N) is 1. The van der Waals surface area contributed by atoms with Crippen molar-refractivity contribution in [2.24, 2.45) is 4.99 Å². The van der Waals surface area contributed by atoms with E-state index in [1.807, 2.05) is 31.2 Å². The second kappa shape index (κ2) is 7.44. The Balaban J connectivity index is 1.38. The second-order valence-electron chi connectivity index (χ2n) is 7.03. The molecule has 9 heteroatoms. The van der Waals surface area contributed by atoms with Gasteiger partial charge in [-0.1, -0.05) is 29.5 Å². The molecule has 0 unspecified atom stereocenters. The van der Waals surface area contributed by atoms with Gasteiger partial charge in [-0.05, 0) is 31.2 Å². The molecule has 2 aromatic carbocycles. The van der Waals surface area contributed by atoms with Crippen molar-refractivity contribution in [1.82, 2.24) is 4.57 Å². The summed E-state index contributed by atoms with van der Waals surface area (Å²) in [5.74, 6) is 0.448. The third-order valence-corrected chi connectivity index (χ3v) is 5.91. The standard InChI is InChI=1S/C22H17N3O5S/c1-12-15(14-4-2-3-5-16(14)23-12)9-19-21(27)25(22(28)31-19)10-20(26)24-13-6-7-17-18(8-13)30-11-29-17/h2-9,27H,10-11H2,1H3,(H,24,26)/b15-9-. The molecule has 5 rings (SSSR count). The number of allylic oxidation sites excluding steroid dienone is 1. The van der Waals surface area contributed by atoms with Gasteiger partial charge < -0.3 is 19.9 Å². The minimum atomic E-state index is -0.447. The lowest BCUT2D eigenvalue weighted by atomic mass is 10.0. The summed E-state index contributed by atoms with van der Waals surface area (Å²) in [6.45, 7) is 1.70. The summed E-state index contributed by atoms with van der Waals surface area (Å²) < 4.78 is 11.6. The summed E-state index contributed by atoms with van der Waals surface area (Å²) in [6.07, 6.45) is 1.73. The number of aliphatic imine (C=N–C) groups is 1. The molecule has 156 valence electrons. The van der Waals surface area contributed by atoms with Crippen molar-refractivity contribution in [2.45, 2.75) is 13.5 Å². The Morgan fingerprint density at radius 2 is 2.06 bits per heavy atom. The summed E-state index contributed by atoms with van der Waals surface area (Å²) in [5.41, 5.74) is 3.93. The number of ether oxygens (including phenoxy) is 2. The summed E-state index contributed by atoms with van der Waals surface area (Å²) in [5, 5.41) is 13.3. The van der Waals surface area contributed by atoms with E-state index in [0.29, 0.717) is 22.1 Å². The number of amides is 1. The molecule has 2 aliphatic heterocycles. The van der Waals surface area contributed by atoms with Gasteiger partial charge in [0.05, 0.1) is 10.6 Å². The Labute approximate surface area is 180 Å². The maximum absolute atomic E-state index is 12.5. The number of hydrogen-bond donors (Lipinski definition) is 2. The van der Waals surface area contributed by atoms with Crippen LogP contribution in [0.5, 0.6) is 17.4 Å². The smallest absolute Gasteiger partial charge is 0.311 e. The van der Waals surface area contributed by atoms with Crippen LogP contribution in [0.1, 0.15) is 17.4 Å². The zero-order valence-electron chi connectivity index (χ0n) is 16.4.